The number of aromatic nitrogens is 6. The van der Waals surface area contributed by atoms with Gasteiger partial charge in [0, 0.05) is 25.7 Å². The first-order valence-corrected chi connectivity index (χ1v) is 9.77. The maximum absolute atomic E-state index is 5.87. The molecule has 1 aliphatic rings. The van der Waals surface area contributed by atoms with E-state index in [2.05, 4.69) is 41.8 Å². The van der Waals surface area contributed by atoms with Gasteiger partial charge < -0.3 is 10.6 Å². The Morgan fingerprint density at radius 3 is 2.52 bits per heavy atom. The number of para-hydroxylation sites is 1. The molecule has 2 heterocycles. The van der Waals surface area contributed by atoms with Crippen molar-refractivity contribution in [1.29, 1.82) is 0 Å². The average Bonchev–Trinajstić information content (AvgIpc) is 3.42. The first kappa shape index (κ1) is 17.7. The first-order chi connectivity index (χ1) is 13.0. The summed E-state index contributed by atoms with van der Waals surface area (Å²) in [4.78, 5) is 14.8. The maximum atomic E-state index is 5.87. The van der Waals surface area contributed by atoms with E-state index in [9.17, 15) is 0 Å². The van der Waals surface area contributed by atoms with E-state index in [1.807, 2.05) is 44.1 Å². The molecule has 4 rings (SSSR count). The lowest BCUT2D eigenvalue weighted by molar-refractivity contribution is 0.818. The van der Waals surface area contributed by atoms with Crippen LogP contribution in [0.5, 0.6) is 0 Å². The van der Waals surface area contributed by atoms with E-state index in [0.717, 1.165) is 16.7 Å². The van der Waals surface area contributed by atoms with Gasteiger partial charge in [-0.05, 0) is 31.9 Å². The summed E-state index contributed by atoms with van der Waals surface area (Å²) in [5.41, 5.74) is 6.94. The Morgan fingerprint density at radius 1 is 1.11 bits per heavy atom. The number of nitrogen functional groups attached to an aromatic ring is 1. The predicted octanol–water partition coefficient (Wildman–Crippen LogP) is 2.83. The molecule has 1 atom stereocenters. The molecule has 1 unspecified atom stereocenters. The Balaban J connectivity index is 1.67. The number of anilines is 2. The Bertz CT molecular complexity index is 936. The molecule has 1 aromatic carbocycles. The highest BCUT2D eigenvalue weighted by atomic mass is 32.2. The van der Waals surface area contributed by atoms with Crippen LogP contribution in [0.15, 0.2) is 35.5 Å². The van der Waals surface area contributed by atoms with Crippen molar-refractivity contribution in [2.24, 2.45) is 0 Å². The number of hydrogen-bond donors (Lipinski definition) is 1. The topological polar surface area (TPSA) is 98.6 Å². The van der Waals surface area contributed by atoms with Gasteiger partial charge in [0.2, 0.25) is 11.9 Å². The minimum Gasteiger partial charge on any atom is -0.368 e. The summed E-state index contributed by atoms with van der Waals surface area (Å²) in [6.45, 7) is 2.04. The summed E-state index contributed by atoms with van der Waals surface area (Å²) in [6, 6.07) is 10.2. The minimum atomic E-state index is -0.0484. The van der Waals surface area contributed by atoms with Crippen LogP contribution in [0.25, 0.3) is 5.69 Å². The van der Waals surface area contributed by atoms with E-state index in [1.54, 1.807) is 11.8 Å². The summed E-state index contributed by atoms with van der Waals surface area (Å²) >= 11 is 1.58. The van der Waals surface area contributed by atoms with Crippen LogP contribution in [0.1, 0.15) is 42.6 Å². The van der Waals surface area contributed by atoms with E-state index in [0.29, 0.717) is 17.7 Å². The highest BCUT2D eigenvalue weighted by Crippen LogP contribution is 2.42. The van der Waals surface area contributed by atoms with Crippen molar-refractivity contribution in [2.45, 2.75) is 36.1 Å². The van der Waals surface area contributed by atoms with Gasteiger partial charge in [-0.15, -0.1) is 10.2 Å². The number of nitrogens with two attached hydrogens (primary N) is 1. The highest BCUT2D eigenvalue weighted by molar-refractivity contribution is 7.99. The SMILES string of the molecule is CC(Sc1nnc(C2CC2)n1-c1ccccc1)c1nc(N)nc(N(C)C)n1. The largest absolute Gasteiger partial charge is 0.368 e. The zero-order chi connectivity index (χ0) is 19.0. The molecule has 2 aromatic heterocycles. The summed E-state index contributed by atoms with van der Waals surface area (Å²) in [7, 11) is 3.76. The third-order valence-electron chi connectivity index (χ3n) is 4.32. The fourth-order valence-corrected chi connectivity index (χ4v) is 3.69. The van der Waals surface area contributed by atoms with Crippen molar-refractivity contribution in [2.75, 3.05) is 24.7 Å². The van der Waals surface area contributed by atoms with Crippen LogP contribution in [-0.4, -0.2) is 43.8 Å². The van der Waals surface area contributed by atoms with Crippen molar-refractivity contribution in [1.82, 2.24) is 29.7 Å². The van der Waals surface area contributed by atoms with Gasteiger partial charge in [-0.1, -0.05) is 30.0 Å². The fraction of sp³-hybridized carbons (Fsp3) is 0.389. The van der Waals surface area contributed by atoms with Gasteiger partial charge in [0.25, 0.3) is 0 Å². The molecular formula is C18H22N8S. The lowest BCUT2D eigenvalue weighted by atomic mass is 10.3. The van der Waals surface area contributed by atoms with Crippen LogP contribution < -0.4 is 10.6 Å². The molecule has 1 fully saturated rings. The minimum absolute atomic E-state index is 0.0484. The van der Waals surface area contributed by atoms with Crippen LogP contribution in [-0.2, 0) is 0 Å². The number of benzene rings is 1. The molecule has 0 bridgehead atoms. The number of rotatable bonds is 6. The number of thioether (sulfide) groups is 1. The molecule has 1 aliphatic carbocycles. The van der Waals surface area contributed by atoms with Crippen LogP contribution >= 0.6 is 11.8 Å². The Hall–Kier alpha value is -2.68. The third kappa shape index (κ3) is 3.73. The fourth-order valence-electron chi connectivity index (χ4n) is 2.77. The molecule has 2 N–H and O–H groups in total. The average molecular weight is 382 g/mol. The zero-order valence-electron chi connectivity index (χ0n) is 15.6. The first-order valence-electron chi connectivity index (χ1n) is 8.89. The van der Waals surface area contributed by atoms with Crippen molar-refractivity contribution in [3.8, 4) is 5.69 Å². The smallest absolute Gasteiger partial charge is 0.229 e. The van der Waals surface area contributed by atoms with Crippen LogP contribution in [0.2, 0.25) is 0 Å². The van der Waals surface area contributed by atoms with Gasteiger partial charge in [-0.25, -0.2) is 0 Å². The molecule has 27 heavy (non-hydrogen) atoms. The van der Waals surface area contributed by atoms with Crippen molar-refractivity contribution in [3.63, 3.8) is 0 Å². The van der Waals surface area contributed by atoms with E-state index in [1.165, 1.54) is 12.8 Å². The normalized spacial score (nSPS) is 14.9. The zero-order valence-corrected chi connectivity index (χ0v) is 16.4. The van der Waals surface area contributed by atoms with Crippen LogP contribution in [0.3, 0.4) is 0 Å². The van der Waals surface area contributed by atoms with Crippen molar-refractivity contribution >= 4 is 23.7 Å². The summed E-state index contributed by atoms with van der Waals surface area (Å²) in [6.07, 6.45) is 2.34. The molecular weight excluding hydrogens is 360 g/mol. The molecule has 9 heteroatoms. The molecule has 0 aliphatic heterocycles. The van der Waals surface area contributed by atoms with E-state index < -0.39 is 0 Å². The van der Waals surface area contributed by atoms with Gasteiger partial charge in [0.1, 0.15) is 11.6 Å². The number of nitrogens with zero attached hydrogens (tertiary/aromatic N) is 7. The molecule has 0 spiro atoms. The molecule has 8 nitrogen and oxygen atoms in total. The standard InChI is InChI=1S/C18H22N8S/c1-11(14-20-16(19)22-17(21-14)25(2)3)27-18-24-23-15(12-9-10-12)26(18)13-7-5-4-6-8-13/h4-8,11-12H,9-10H2,1-3H3,(H2,19,20,21,22). The second-order valence-electron chi connectivity index (χ2n) is 6.79. The van der Waals surface area contributed by atoms with Crippen molar-refractivity contribution < 1.29 is 0 Å². The molecule has 0 radical (unpaired) electrons. The van der Waals surface area contributed by atoms with Gasteiger partial charge in [0.15, 0.2) is 5.16 Å². The highest BCUT2D eigenvalue weighted by Gasteiger charge is 2.31. The monoisotopic (exact) mass is 382 g/mol. The Morgan fingerprint density at radius 2 is 1.85 bits per heavy atom. The predicted molar refractivity (Wildman–Crippen MR) is 106 cm³/mol. The van der Waals surface area contributed by atoms with Gasteiger partial charge in [0.05, 0.1) is 5.25 Å². The van der Waals surface area contributed by atoms with Gasteiger partial charge in [-0.2, -0.15) is 15.0 Å². The second kappa shape index (κ2) is 7.15. The second-order valence-corrected chi connectivity index (χ2v) is 8.10. The van der Waals surface area contributed by atoms with Crippen molar-refractivity contribution in [3.05, 3.63) is 42.0 Å². The van der Waals surface area contributed by atoms with Gasteiger partial charge >= 0.3 is 0 Å². The van der Waals surface area contributed by atoms with Crippen LogP contribution in [0.4, 0.5) is 11.9 Å². The quantitative estimate of drug-likeness (QED) is 0.650. The lowest BCUT2D eigenvalue weighted by Gasteiger charge is -2.15. The third-order valence-corrected chi connectivity index (χ3v) is 5.36. The maximum Gasteiger partial charge on any atom is 0.229 e. The molecule has 140 valence electrons. The lowest BCUT2D eigenvalue weighted by Crippen LogP contribution is -2.16. The summed E-state index contributed by atoms with van der Waals surface area (Å²) in [5, 5.41) is 9.72. The summed E-state index contributed by atoms with van der Waals surface area (Å²) < 4.78 is 2.15. The molecule has 0 saturated heterocycles. The Kier molecular flexibility index (Phi) is 4.69. The van der Waals surface area contributed by atoms with Gasteiger partial charge in [-0.3, -0.25) is 4.57 Å². The molecule has 3 aromatic rings. The van der Waals surface area contributed by atoms with E-state index in [4.69, 9.17) is 5.73 Å². The Labute approximate surface area is 162 Å². The number of hydrogen-bond acceptors (Lipinski definition) is 8. The summed E-state index contributed by atoms with van der Waals surface area (Å²) in [5.74, 6) is 2.93. The van der Waals surface area contributed by atoms with Crippen LogP contribution in [0, 0.1) is 0 Å². The molecule has 1 saturated carbocycles. The molecule has 0 amide bonds. The van der Waals surface area contributed by atoms with E-state index in [-0.39, 0.29) is 11.2 Å². The van der Waals surface area contributed by atoms with E-state index >= 15 is 0 Å².